The van der Waals surface area contributed by atoms with Crippen molar-refractivity contribution in [2.75, 3.05) is 39.3 Å². The van der Waals surface area contributed by atoms with Gasteiger partial charge in [-0.1, -0.05) is 12.1 Å². The van der Waals surface area contributed by atoms with Gasteiger partial charge in [-0.25, -0.2) is 9.97 Å². The molecule has 3 aromatic carbocycles. The smallest absolute Gasteiger partial charge is 0.192 e. The van der Waals surface area contributed by atoms with E-state index in [1.54, 1.807) is 40.9 Å². The van der Waals surface area contributed by atoms with Gasteiger partial charge in [0, 0.05) is 0 Å². The van der Waals surface area contributed by atoms with Crippen molar-refractivity contribution in [3.63, 3.8) is 0 Å². The molecule has 10 heteroatoms. The Morgan fingerprint density at radius 3 is 1.39 bits per heavy atom. The lowest BCUT2D eigenvalue weighted by Crippen LogP contribution is -2.03. The van der Waals surface area contributed by atoms with Crippen molar-refractivity contribution < 1.29 is 18.9 Å². The van der Waals surface area contributed by atoms with Gasteiger partial charge >= 0.3 is 0 Å². The minimum Gasteiger partial charge on any atom is -0.493 e. The van der Waals surface area contributed by atoms with Gasteiger partial charge in [0.15, 0.2) is 34.6 Å². The summed E-state index contributed by atoms with van der Waals surface area (Å²) in [7, 11) is 6.35. The number of fused-ring (bicyclic) bond motifs is 1. The number of methoxy groups -OCH3 is 4. The molecule has 0 atom stereocenters. The molecule has 0 saturated heterocycles. The minimum atomic E-state index is 0.412. The molecule has 4 aromatic rings. The number of hydrogen-bond acceptors (Lipinski definition) is 10. The molecule has 0 aliphatic heterocycles. The van der Waals surface area contributed by atoms with Gasteiger partial charge in [0.1, 0.15) is 0 Å². The van der Waals surface area contributed by atoms with Crippen molar-refractivity contribution in [3.8, 4) is 23.0 Å². The Labute approximate surface area is 208 Å². The zero-order valence-electron chi connectivity index (χ0n) is 20.4. The van der Waals surface area contributed by atoms with E-state index < -0.39 is 0 Å². The summed E-state index contributed by atoms with van der Waals surface area (Å²) in [5.74, 6) is 3.33. The van der Waals surface area contributed by atoms with Crippen LogP contribution in [0, 0.1) is 0 Å². The van der Waals surface area contributed by atoms with E-state index in [2.05, 4.69) is 31.0 Å². The lowest BCUT2D eigenvalue weighted by molar-refractivity contribution is 0.355. The Hall–Kier alpha value is -4.86. The van der Waals surface area contributed by atoms with Gasteiger partial charge in [-0.3, -0.25) is 10.9 Å². The monoisotopic (exact) mass is 486 g/mol. The number of para-hydroxylation sites is 2. The molecule has 0 amide bonds. The van der Waals surface area contributed by atoms with Crippen LogP contribution in [0.3, 0.4) is 0 Å². The Morgan fingerprint density at radius 1 is 0.583 bits per heavy atom. The second kappa shape index (κ2) is 11.5. The number of hydrazone groups is 2. The van der Waals surface area contributed by atoms with Gasteiger partial charge in [0.05, 0.1) is 51.9 Å². The summed E-state index contributed by atoms with van der Waals surface area (Å²) in [6.07, 6.45) is 3.30. The topological polar surface area (TPSA) is 111 Å². The highest BCUT2D eigenvalue weighted by atomic mass is 16.5. The number of aromatic nitrogens is 2. The molecule has 0 unspecified atom stereocenters. The molecule has 0 bridgehead atoms. The maximum atomic E-state index is 5.35. The standard InChI is InChI=1S/C26H26N6O4/c1-33-21-11-9-17(13-23(21)35-3)15-27-31-25-26(30-20-8-6-5-7-19(20)29-25)32-28-16-18-10-12-22(34-2)24(14-18)36-4/h5-16H,1-4H3,(H,29,31)(H,30,32)/b27-15+,28-16+. The summed E-state index contributed by atoms with van der Waals surface area (Å²) >= 11 is 0. The Morgan fingerprint density at radius 2 is 1.00 bits per heavy atom. The maximum absolute atomic E-state index is 5.35. The lowest BCUT2D eigenvalue weighted by Gasteiger charge is -2.09. The summed E-state index contributed by atoms with van der Waals surface area (Å²) in [5, 5.41) is 8.64. The van der Waals surface area contributed by atoms with Gasteiger partial charge in [-0.05, 0) is 59.7 Å². The van der Waals surface area contributed by atoms with Crippen LogP contribution in [0.25, 0.3) is 11.0 Å². The average Bonchev–Trinajstić information content (AvgIpc) is 2.92. The molecule has 36 heavy (non-hydrogen) atoms. The highest BCUT2D eigenvalue weighted by Gasteiger charge is 2.09. The van der Waals surface area contributed by atoms with Crippen LogP contribution >= 0.6 is 0 Å². The summed E-state index contributed by atoms with van der Waals surface area (Å²) < 4.78 is 21.2. The first-order valence-corrected chi connectivity index (χ1v) is 10.9. The van der Waals surface area contributed by atoms with Crippen LogP contribution in [0.15, 0.2) is 70.9 Å². The molecule has 0 radical (unpaired) electrons. The summed E-state index contributed by atoms with van der Waals surface area (Å²) in [5.41, 5.74) is 8.97. The molecule has 0 aliphatic rings. The van der Waals surface area contributed by atoms with E-state index in [1.165, 1.54) is 0 Å². The van der Waals surface area contributed by atoms with Crippen molar-refractivity contribution in [3.05, 3.63) is 71.8 Å². The summed E-state index contributed by atoms with van der Waals surface area (Å²) in [6, 6.07) is 18.6. The first-order chi connectivity index (χ1) is 17.6. The summed E-state index contributed by atoms with van der Waals surface area (Å²) in [4.78, 5) is 9.28. The molecule has 0 spiro atoms. The van der Waals surface area contributed by atoms with Crippen LogP contribution in [0.2, 0.25) is 0 Å². The largest absolute Gasteiger partial charge is 0.493 e. The molecular weight excluding hydrogens is 460 g/mol. The van der Waals surface area contributed by atoms with Crippen LogP contribution in [-0.2, 0) is 0 Å². The maximum Gasteiger partial charge on any atom is 0.192 e. The zero-order valence-corrected chi connectivity index (χ0v) is 20.4. The van der Waals surface area contributed by atoms with Gasteiger partial charge in [0.2, 0.25) is 0 Å². The molecule has 1 aromatic heterocycles. The third-order valence-electron chi connectivity index (χ3n) is 5.15. The molecule has 0 fully saturated rings. The van der Waals surface area contributed by atoms with Crippen molar-refractivity contribution in [2.45, 2.75) is 0 Å². The van der Waals surface area contributed by atoms with E-state index in [0.29, 0.717) is 34.6 Å². The van der Waals surface area contributed by atoms with Crippen molar-refractivity contribution in [1.82, 2.24) is 9.97 Å². The van der Waals surface area contributed by atoms with E-state index in [-0.39, 0.29) is 0 Å². The van der Waals surface area contributed by atoms with Crippen LogP contribution < -0.4 is 29.8 Å². The zero-order chi connectivity index (χ0) is 25.3. The number of nitrogens with zero attached hydrogens (tertiary/aromatic N) is 4. The van der Waals surface area contributed by atoms with E-state index in [9.17, 15) is 0 Å². The second-order valence-electron chi connectivity index (χ2n) is 7.38. The number of hydrogen-bond donors (Lipinski definition) is 2. The highest BCUT2D eigenvalue weighted by Crippen LogP contribution is 2.28. The fourth-order valence-electron chi connectivity index (χ4n) is 3.36. The van der Waals surface area contributed by atoms with Crippen LogP contribution in [-0.4, -0.2) is 50.8 Å². The van der Waals surface area contributed by atoms with Gasteiger partial charge < -0.3 is 18.9 Å². The van der Waals surface area contributed by atoms with Crippen molar-refractivity contribution in [1.29, 1.82) is 0 Å². The van der Waals surface area contributed by atoms with Gasteiger partial charge in [-0.15, -0.1) is 0 Å². The highest BCUT2D eigenvalue weighted by molar-refractivity contribution is 5.84. The third-order valence-corrected chi connectivity index (χ3v) is 5.15. The van der Waals surface area contributed by atoms with E-state index in [0.717, 1.165) is 22.2 Å². The molecule has 10 nitrogen and oxygen atoms in total. The first kappa shape index (κ1) is 24.3. The average molecular weight is 487 g/mol. The predicted molar refractivity (Wildman–Crippen MR) is 141 cm³/mol. The molecular formula is C26H26N6O4. The molecule has 2 N–H and O–H groups in total. The molecule has 4 rings (SSSR count). The van der Waals surface area contributed by atoms with Gasteiger partial charge in [-0.2, -0.15) is 10.2 Å². The van der Waals surface area contributed by atoms with Crippen molar-refractivity contribution >= 4 is 35.1 Å². The van der Waals surface area contributed by atoms with Crippen LogP contribution in [0.4, 0.5) is 11.6 Å². The number of anilines is 2. The fraction of sp³-hybridized carbons (Fsp3) is 0.154. The van der Waals surface area contributed by atoms with E-state index in [4.69, 9.17) is 18.9 Å². The Kier molecular flexibility index (Phi) is 7.76. The lowest BCUT2D eigenvalue weighted by atomic mass is 10.2. The normalized spacial score (nSPS) is 11.1. The predicted octanol–water partition coefficient (Wildman–Crippen LogP) is 4.56. The Bertz CT molecular complexity index is 1300. The number of benzene rings is 3. The minimum absolute atomic E-state index is 0.412. The van der Waals surface area contributed by atoms with Crippen molar-refractivity contribution in [2.24, 2.45) is 10.2 Å². The molecule has 1 heterocycles. The Balaban J connectivity index is 1.56. The SMILES string of the molecule is COc1ccc(/C=N/Nc2nc3ccccc3nc2N/N=C/c2ccc(OC)c(OC)c2)cc1OC. The number of rotatable bonds is 10. The molecule has 0 aliphatic carbocycles. The molecule has 0 saturated carbocycles. The van der Waals surface area contributed by atoms with E-state index >= 15 is 0 Å². The first-order valence-electron chi connectivity index (χ1n) is 10.9. The fourth-order valence-corrected chi connectivity index (χ4v) is 3.36. The number of nitrogens with one attached hydrogen (secondary N) is 2. The van der Waals surface area contributed by atoms with Crippen LogP contribution in [0.5, 0.6) is 23.0 Å². The third kappa shape index (κ3) is 5.61. The van der Waals surface area contributed by atoms with E-state index in [1.807, 2.05) is 60.7 Å². The molecule has 184 valence electrons. The van der Waals surface area contributed by atoms with Gasteiger partial charge in [0.25, 0.3) is 0 Å². The number of ether oxygens (including phenoxy) is 4. The second-order valence-corrected chi connectivity index (χ2v) is 7.38. The summed E-state index contributed by atoms with van der Waals surface area (Å²) in [6.45, 7) is 0. The van der Waals surface area contributed by atoms with Crippen LogP contribution in [0.1, 0.15) is 11.1 Å². The quantitative estimate of drug-likeness (QED) is 0.248.